The number of hydrogen-bond acceptors (Lipinski definition) is 0. The van der Waals surface area contributed by atoms with Gasteiger partial charge < -0.3 is 13.7 Å². The Morgan fingerprint density at radius 1 is 0.258 bits per heavy atom. The second-order valence-corrected chi connectivity index (χ2v) is 18.3. The molecule has 0 aliphatic rings. The topological polar surface area (TPSA) is 14.8 Å². The normalized spacial score (nSPS) is 11.6. The minimum atomic E-state index is 0.496. The van der Waals surface area contributed by atoms with E-state index in [1.54, 1.807) is 0 Å². The Labute approximate surface area is 388 Å². The lowest BCUT2D eigenvalue weighted by Gasteiger charge is -2.15. The van der Waals surface area contributed by atoms with Crippen LogP contribution in [0, 0.1) is 0 Å². The first-order chi connectivity index (χ1) is 32.3. The number of nitrogens with zero attached hydrogens (tertiary/aromatic N) is 3. The van der Waals surface area contributed by atoms with Gasteiger partial charge in [0.25, 0.3) is 0 Å². The SMILES string of the molecule is CC(C)c1ccc(-n2c3ccccc3c3ccccc32)cc1.CC(C)c1cccc(-n2c3ccccc3c3ccccc32)c1.CC(C)c1ccccc1-n1c2ccccc2c2ccccc21. The number of fused-ring (bicyclic) bond motifs is 9. The average molecular weight is 856 g/mol. The van der Waals surface area contributed by atoms with Crippen LogP contribution in [-0.4, -0.2) is 13.7 Å². The summed E-state index contributed by atoms with van der Waals surface area (Å²) in [6.07, 6.45) is 0. The third-order valence-electron chi connectivity index (χ3n) is 13.2. The van der Waals surface area contributed by atoms with Crippen LogP contribution in [0.25, 0.3) is 82.5 Å². The monoisotopic (exact) mass is 855 g/mol. The van der Waals surface area contributed by atoms with Crippen LogP contribution in [0.3, 0.4) is 0 Å². The lowest BCUT2D eigenvalue weighted by Crippen LogP contribution is -2.00. The molecule has 3 heteroatoms. The highest BCUT2D eigenvalue weighted by molar-refractivity contribution is 6.11. The molecule has 0 bridgehead atoms. The quantitative estimate of drug-likeness (QED) is 0.158. The van der Waals surface area contributed by atoms with Gasteiger partial charge in [-0.1, -0.05) is 193 Å². The van der Waals surface area contributed by atoms with Crippen molar-refractivity contribution < 1.29 is 0 Å². The molecule has 9 aromatic carbocycles. The minimum absolute atomic E-state index is 0.496. The fourth-order valence-corrected chi connectivity index (χ4v) is 9.79. The minimum Gasteiger partial charge on any atom is -0.309 e. The van der Waals surface area contributed by atoms with Crippen molar-refractivity contribution in [3.8, 4) is 17.1 Å². The molecular formula is C63H57N3. The van der Waals surface area contributed by atoms with Gasteiger partial charge in [-0.05, 0) is 101 Å². The van der Waals surface area contributed by atoms with E-state index in [2.05, 4.69) is 274 Å². The van der Waals surface area contributed by atoms with Gasteiger partial charge in [0.2, 0.25) is 0 Å². The van der Waals surface area contributed by atoms with Gasteiger partial charge in [-0.15, -0.1) is 0 Å². The molecule has 0 spiro atoms. The average Bonchev–Trinajstić information content (AvgIpc) is 4.00. The molecule has 0 unspecified atom stereocenters. The molecule has 0 radical (unpaired) electrons. The van der Waals surface area contributed by atoms with Crippen LogP contribution < -0.4 is 0 Å². The van der Waals surface area contributed by atoms with Gasteiger partial charge in [0.05, 0.1) is 33.1 Å². The smallest absolute Gasteiger partial charge is 0.0541 e. The maximum Gasteiger partial charge on any atom is 0.0541 e. The summed E-state index contributed by atoms with van der Waals surface area (Å²) in [6, 6.07) is 78.4. The maximum atomic E-state index is 2.40. The summed E-state index contributed by atoms with van der Waals surface area (Å²) >= 11 is 0. The first-order valence-electron chi connectivity index (χ1n) is 23.5. The molecule has 0 saturated carbocycles. The van der Waals surface area contributed by atoms with Gasteiger partial charge >= 0.3 is 0 Å². The summed E-state index contributed by atoms with van der Waals surface area (Å²) in [4.78, 5) is 0. The number of para-hydroxylation sites is 7. The van der Waals surface area contributed by atoms with Crippen LogP contribution in [-0.2, 0) is 0 Å². The zero-order valence-corrected chi connectivity index (χ0v) is 38.9. The molecule has 0 amide bonds. The molecule has 66 heavy (non-hydrogen) atoms. The van der Waals surface area contributed by atoms with Gasteiger partial charge in [-0.25, -0.2) is 0 Å². The summed E-state index contributed by atoms with van der Waals surface area (Å²) in [5, 5.41) is 7.88. The highest BCUT2D eigenvalue weighted by Gasteiger charge is 2.16. The van der Waals surface area contributed by atoms with Crippen molar-refractivity contribution in [1.29, 1.82) is 0 Å². The number of aromatic nitrogens is 3. The number of rotatable bonds is 6. The Balaban J connectivity index is 0.000000116. The highest BCUT2D eigenvalue weighted by atomic mass is 15.0. The Kier molecular flexibility index (Phi) is 11.6. The zero-order chi connectivity index (χ0) is 45.3. The van der Waals surface area contributed by atoms with Crippen LogP contribution in [0.15, 0.2) is 218 Å². The van der Waals surface area contributed by atoms with E-state index >= 15 is 0 Å². The van der Waals surface area contributed by atoms with E-state index in [0.29, 0.717) is 17.8 Å². The van der Waals surface area contributed by atoms with E-state index in [-0.39, 0.29) is 0 Å². The molecule has 0 aliphatic carbocycles. The summed E-state index contributed by atoms with van der Waals surface area (Å²) in [6.45, 7) is 13.5. The maximum absolute atomic E-state index is 2.40. The molecule has 3 heterocycles. The highest BCUT2D eigenvalue weighted by Crippen LogP contribution is 2.36. The van der Waals surface area contributed by atoms with E-state index in [9.17, 15) is 0 Å². The van der Waals surface area contributed by atoms with E-state index < -0.39 is 0 Å². The second-order valence-electron chi connectivity index (χ2n) is 18.3. The van der Waals surface area contributed by atoms with Crippen molar-refractivity contribution in [3.63, 3.8) is 0 Å². The van der Waals surface area contributed by atoms with Crippen LogP contribution >= 0.6 is 0 Å². The lowest BCUT2D eigenvalue weighted by atomic mass is 10.0. The van der Waals surface area contributed by atoms with Crippen molar-refractivity contribution in [3.05, 3.63) is 235 Å². The van der Waals surface area contributed by atoms with Crippen molar-refractivity contribution in [2.45, 2.75) is 59.3 Å². The summed E-state index contributed by atoms with van der Waals surface area (Å²) in [5.74, 6) is 1.59. The largest absolute Gasteiger partial charge is 0.309 e. The molecule has 3 aromatic heterocycles. The molecule has 0 fully saturated rings. The summed E-state index contributed by atoms with van der Waals surface area (Å²) < 4.78 is 7.13. The fourth-order valence-electron chi connectivity index (χ4n) is 9.79. The fraction of sp³-hybridized carbons (Fsp3) is 0.143. The third kappa shape index (κ3) is 7.75. The van der Waals surface area contributed by atoms with E-state index in [4.69, 9.17) is 0 Å². The summed E-state index contributed by atoms with van der Waals surface area (Å²) in [5.41, 5.74) is 15.5. The van der Waals surface area contributed by atoms with Crippen LogP contribution in [0.2, 0.25) is 0 Å². The molecule has 0 atom stereocenters. The zero-order valence-electron chi connectivity index (χ0n) is 38.9. The Morgan fingerprint density at radius 2 is 0.606 bits per heavy atom. The molecule has 12 aromatic rings. The van der Waals surface area contributed by atoms with Crippen molar-refractivity contribution >= 4 is 65.4 Å². The van der Waals surface area contributed by atoms with Crippen LogP contribution in [0.1, 0.15) is 76.0 Å². The molecule has 12 rings (SSSR count). The van der Waals surface area contributed by atoms with Crippen molar-refractivity contribution in [2.24, 2.45) is 0 Å². The van der Waals surface area contributed by atoms with Gasteiger partial charge in [-0.2, -0.15) is 0 Å². The Hall–Kier alpha value is -7.62. The van der Waals surface area contributed by atoms with Crippen LogP contribution in [0.4, 0.5) is 0 Å². The van der Waals surface area contributed by atoms with Gasteiger partial charge in [-0.3, -0.25) is 0 Å². The predicted octanol–water partition coefficient (Wildman–Crippen LogP) is 17.7. The number of hydrogen-bond donors (Lipinski definition) is 0. The molecule has 0 saturated heterocycles. The van der Waals surface area contributed by atoms with Gasteiger partial charge in [0.15, 0.2) is 0 Å². The predicted molar refractivity (Wildman–Crippen MR) is 285 cm³/mol. The van der Waals surface area contributed by atoms with Crippen molar-refractivity contribution in [2.75, 3.05) is 0 Å². The van der Waals surface area contributed by atoms with E-state index in [0.717, 1.165) is 0 Å². The summed E-state index contributed by atoms with van der Waals surface area (Å²) in [7, 11) is 0. The molecule has 3 nitrogen and oxygen atoms in total. The van der Waals surface area contributed by atoms with Gasteiger partial charge in [0, 0.05) is 49.4 Å². The van der Waals surface area contributed by atoms with E-state index in [1.807, 2.05) is 0 Å². The Morgan fingerprint density at radius 3 is 1.00 bits per heavy atom. The van der Waals surface area contributed by atoms with Gasteiger partial charge in [0.1, 0.15) is 0 Å². The molecule has 0 N–H and O–H groups in total. The molecular weight excluding hydrogens is 799 g/mol. The van der Waals surface area contributed by atoms with Crippen molar-refractivity contribution in [1.82, 2.24) is 13.7 Å². The number of benzene rings is 9. The first-order valence-corrected chi connectivity index (χ1v) is 23.5. The standard InChI is InChI=1S/3C21H19N/c1-15(2)16-9-3-6-12-19(16)22-20-13-7-4-10-17(20)18-11-5-8-14-21(18)22;1-15(2)16-8-7-9-17(14-16)22-20-12-5-3-10-18(20)19-11-4-6-13-21(19)22;1-15(2)16-11-13-17(14-12-16)22-20-9-5-3-7-18(20)19-8-4-6-10-21(19)22/h3*3-15H,1-2H3. The van der Waals surface area contributed by atoms with E-state index in [1.165, 1.54) is 99.2 Å². The third-order valence-corrected chi connectivity index (χ3v) is 13.2. The first kappa shape index (κ1) is 42.3. The molecule has 324 valence electrons. The van der Waals surface area contributed by atoms with Crippen LogP contribution in [0.5, 0.6) is 0 Å². The second kappa shape index (κ2) is 18.1. The lowest BCUT2D eigenvalue weighted by molar-refractivity contribution is 0.854. The Bertz CT molecular complexity index is 3470. The molecule has 0 aliphatic heterocycles.